The number of piperazine rings is 1. The zero-order chi connectivity index (χ0) is 18.2. The Morgan fingerprint density at radius 2 is 1.89 bits per heavy atom. The van der Waals surface area contributed by atoms with Crippen LogP contribution in [0.5, 0.6) is 0 Å². The molecule has 1 saturated heterocycles. The molecule has 0 atom stereocenters. The Hall–Kier alpha value is -3.13. The Morgan fingerprint density at radius 3 is 2.78 bits per heavy atom. The molecule has 0 amide bonds. The minimum Gasteiger partial charge on any atom is -0.356 e. The van der Waals surface area contributed by atoms with Crippen LogP contribution in [-0.2, 0) is 6.54 Å². The topological polar surface area (TPSA) is 71.2 Å². The van der Waals surface area contributed by atoms with E-state index in [0.717, 1.165) is 48.5 Å². The van der Waals surface area contributed by atoms with E-state index in [1.807, 2.05) is 12.1 Å². The first-order valence-corrected chi connectivity index (χ1v) is 8.85. The molecule has 0 spiro atoms. The van der Waals surface area contributed by atoms with Crippen molar-refractivity contribution in [3.63, 3.8) is 0 Å². The Morgan fingerprint density at radius 1 is 1.00 bits per heavy atom. The molecule has 1 aliphatic heterocycles. The first-order valence-electron chi connectivity index (χ1n) is 8.85. The van der Waals surface area contributed by atoms with Crippen LogP contribution in [-0.4, -0.2) is 51.2 Å². The summed E-state index contributed by atoms with van der Waals surface area (Å²) in [6.45, 7) is 4.14. The fraction of sp³-hybridized carbons (Fsp3) is 0.263. The van der Waals surface area contributed by atoms with E-state index in [9.17, 15) is 4.39 Å². The highest BCUT2D eigenvalue weighted by Crippen LogP contribution is 2.24. The van der Waals surface area contributed by atoms with Crippen LogP contribution in [0.15, 0.2) is 47.4 Å². The van der Waals surface area contributed by atoms with Gasteiger partial charge < -0.3 is 9.42 Å². The number of pyridine rings is 1. The molecular weight excluding hydrogens is 347 g/mol. The van der Waals surface area contributed by atoms with Crippen molar-refractivity contribution in [2.45, 2.75) is 6.54 Å². The summed E-state index contributed by atoms with van der Waals surface area (Å²) in [5.41, 5.74) is 2.05. The minimum absolute atomic E-state index is 0.314. The third-order valence-electron chi connectivity index (χ3n) is 4.94. The van der Waals surface area contributed by atoms with E-state index in [0.29, 0.717) is 17.8 Å². The molecule has 5 rings (SSSR count). The normalized spacial score (nSPS) is 15.7. The molecule has 7 nitrogen and oxygen atoms in total. The highest BCUT2D eigenvalue weighted by Gasteiger charge is 2.22. The van der Waals surface area contributed by atoms with Crippen molar-refractivity contribution in [1.29, 1.82) is 0 Å². The first kappa shape index (κ1) is 16.1. The lowest BCUT2D eigenvalue weighted by Gasteiger charge is -2.35. The summed E-state index contributed by atoms with van der Waals surface area (Å²) >= 11 is 0. The maximum absolute atomic E-state index is 13.3. The third-order valence-corrected chi connectivity index (χ3v) is 4.94. The van der Waals surface area contributed by atoms with E-state index < -0.39 is 0 Å². The number of fused-ring (bicyclic) bond motifs is 2. The largest absolute Gasteiger partial charge is 0.356 e. The number of anilines is 1. The highest BCUT2D eigenvalue weighted by molar-refractivity contribution is 5.86. The van der Waals surface area contributed by atoms with Crippen molar-refractivity contribution in [2.75, 3.05) is 31.1 Å². The van der Waals surface area contributed by atoms with E-state index in [4.69, 9.17) is 4.52 Å². The summed E-state index contributed by atoms with van der Waals surface area (Å²) in [4.78, 5) is 17.6. The monoisotopic (exact) mass is 364 g/mol. The second kappa shape index (κ2) is 6.55. The van der Waals surface area contributed by atoms with Crippen molar-refractivity contribution in [3.8, 4) is 0 Å². The number of benzene rings is 1. The highest BCUT2D eigenvalue weighted by atomic mass is 19.1. The lowest BCUT2D eigenvalue weighted by atomic mass is 10.2. The van der Waals surface area contributed by atoms with Gasteiger partial charge in [0.15, 0.2) is 11.2 Å². The predicted molar refractivity (Wildman–Crippen MR) is 98.8 cm³/mol. The Labute approximate surface area is 154 Å². The lowest BCUT2D eigenvalue weighted by molar-refractivity contribution is 0.243. The average Bonchev–Trinajstić information content (AvgIpc) is 3.10. The zero-order valence-electron chi connectivity index (χ0n) is 14.5. The predicted octanol–water partition coefficient (Wildman–Crippen LogP) is 2.63. The van der Waals surface area contributed by atoms with Gasteiger partial charge in [0.2, 0.25) is 0 Å². The lowest BCUT2D eigenvalue weighted by Crippen LogP contribution is -2.46. The van der Waals surface area contributed by atoms with E-state index in [2.05, 4.69) is 29.9 Å². The van der Waals surface area contributed by atoms with Crippen molar-refractivity contribution in [1.82, 2.24) is 25.0 Å². The molecule has 1 aromatic carbocycles. The van der Waals surface area contributed by atoms with Gasteiger partial charge in [0.05, 0.1) is 5.39 Å². The van der Waals surface area contributed by atoms with E-state index in [1.54, 1.807) is 18.6 Å². The van der Waals surface area contributed by atoms with Crippen LogP contribution < -0.4 is 4.90 Å². The number of hydrogen-bond acceptors (Lipinski definition) is 7. The first-order chi connectivity index (χ1) is 13.3. The van der Waals surface area contributed by atoms with Crippen LogP contribution in [0.2, 0.25) is 0 Å². The summed E-state index contributed by atoms with van der Waals surface area (Å²) in [7, 11) is 0. The fourth-order valence-corrected chi connectivity index (χ4v) is 3.54. The van der Waals surface area contributed by atoms with Crippen LogP contribution in [0.3, 0.4) is 0 Å². The van der Waals surface area contributed by atoms with Gasteiger partial charge in [-0.2, -0.15) is 0 Å². The van der Waals surface area contributed by atoms with Crippen molar-refractivity contribution >= 4 is 27.8 Å². The van der Waals surface area contributed by atoms with Crippen LogP contribution in [0.25, 0.3) is 22.0 Å². The second-order valence-corrected chi connectivity index (χ2v) is 6.60. The molecule has 0 radical (unpaired) electrons. The number of hydrogen-bond donors (Lipinski definition) is 0. The van der Waals surface area contributed by atoms with Crippen LogP contribution in [0.1, 0.15) is 5.69 Å². The smallest absolute Gasteiger partial charge is 0.170 e. The molecule has 0 N–H and O–H groups in total. The van der Waals surface area contributed by atoms with E-state index in [1.165, 1.54) is 12.1 Å². The second-order valence-electron chi connectivity index (χ2n) is 6.60. The van der Waals surface area contributed by atoms with Gasteiger partial charge in [-0.1, -0.05) is 5.16 Å². The maximum Gasteiger partial charge on any atom is 0.170 e. The van der Waals surface area contributed by atoms with Gasteiger partial charge >= 0.3 is 0 Å². The van der Waals surface area contributed by atoms with Gasteiger partial charge in [-0.25, -0.2) is 19.3 Å². The Bertz CT molecular complexity index is 1100. The van der Waals surface area contributed by atoms with E-state index >= 15 is 0 Å². The van der Waals surface area contributed by atoms with Gasteiger partial charge in [-0.05, 0) is 24.3 Å². The van der Waals surface area contributed by atoms with Gasteiger partial charge in [0.25, 0.3) is 0 Å². The molecule has 0 unspecified atom stereocenters. The molecule has 0 saturated carbocycles. The molecule has 4 heterocycles. The Balaban J connectivity index is 1.31. The van der Waals surface area contributed by atoms with Crippen molar-refractivity contribution in [3.05, 3.63) is 54.4 Å². The van der Waals surface area contributed by atoms with Crippen molar-refractivity contribution < 1.29 is 8.91 Å². The summed E-state index contributed by atoms with van der Waals surface area (Å²) < 4.78 is 18.6. The van der Waals surface area contributed by atoms with E-state index in [-0.39, 0.29) is 5.82 Å². The molecular formula is C19H17FN6O. The summed E-state index contributed by atoms with van der Waals surface area (Å²) in [5.74, 6) is 0.612. The number of rotatable bonds is 3. The summed E-state index contributed by atoms with van der Waals surface area (Å²) in [5, 5.41) is 5.96. The number of aromatic nitrogens is 4. The molecule has 0 aliphatic carbocycles. The summed E-state index contributed by atoms with van der Waals surface area (Å²) in [6.07, 6.45) is 3.31. The van der Waals surface area contributed by atoms with Gasteiger partial charge in [0, 0.05) is 50.4 Å². The van der Waals surface area contributed by atoms with Crippen LogP contribution >= 0.6 is 0 Å². The average molecular weight is 364 g/mol. The van der Waals surface area contributed by atoms with Gasteiger partial charge in [-0.3, -0.25) is 4.90 Å². The fourth-order valence-electron chi connectivity index (χ4n) is 3.54. The van der Waals surface area contributed by atoms with Crippen LogP contribution in [0.4, 0.5) is 10.2 Å². The molecule has 3 aromatic heterocycles. The summed E-state index contributed by atoms with van der Waals surface area (Å²) in [6, 6.07) is 8.45. The molecule has 136 valence electrons. The molecule has 0 bridgehead atoms. The standard InChI is InChI=1S/C19H17FN6O/c20-13-3-4-14-16(24-27-17(14)10-13)11-25-6-8-26(9-7-25)19-15-2-1-5-21-18(15)22-12-23-19/h1-5,10,12H,6-9,11H2. The van der Waals surface area contributed by atoms with Crippen LogP contribution in [0, 0.1) is 5.82 Å². The molecule has 1 fully saturated rings. The maximum atomic E-state index is 13.3. The molecule has 4 aromatic rings. The SMILES string of the molecule is Fc1ccc2c(CN3CCN(c4ncnc5ncccc45)CC3)noc2c1. The Kier molecular flexibility index (Phi) is 3.90. The third kappa shape index (κ3) is 2.97. The quantitative estimate of drug-likeness (QED) is 0.553. The number of nitrogens with zero attached hydrogens (tertiary/aromatic N) is 6. The van der Waals surface area contributed by atoms with Gasteiger partial charge in [0.1, 0.15) is 23.7 Å². The molecule has 27 heavy (non-hydrogen) atoms. The van der Waals surface area contributed by atoms with Gasteiger partial charge in [-0.15, -0.1) is 0 Å². The molecule has 8 heteroatoms. The number of halogens is 1. The molecule has 1 aliphatic rings. The minimum atomic E-state index is -0.314. The van der Waals surface area contributed by atoms with Crippen molar-refractivity contribution in [2.24, 2.45) is 0 Å². The zero-order valence-corrected chi connectivity index (χ0v) is 14.5.